The topological polar surface area (TPSA) is 55.8 Å². The van der Waals surface area contributed by atoms with E-state index in [2.05, 4.69) is 47.7 Å². The number of hydrogen-bond acceptors (Lipinski definition) is 4. The highest BCUT2D eigenvalue weighted by molar-refractivity contribution is 5.81. The molecule has 0 aliphatic heterocycles. The van der Waals surface area contributed by atoms with Crippen LogP contribution < -0.4 is 4.74 Å². The molecule has 0 aliphatic carbocycles. The molecule has 2 aromatic rings. The molecule has 1 atom stereocenters. The Kier molecular flexibility index (Phi) is 9.71. The first-order chi connectivity index (χ1) is 12.1. The van der Waals surface area contributed by atoms with Crippen molar-refractivity contribution >= 4 is 5.97 Å². The minimum absolute atomic E-state index is 0.153. The van der Waals surface area contributed by atoms with E-state index in [1.54, 1.807) is 6.92 Å². The average Bonchev–Trinajstić information content (AvgIpc) is 2.64. The highest BCUT2D eigenvalue weighted by atomic mass is 16.5. The lowest BCUT2D eigenvalue weighted by atomic mass is 10.1. The number of esters is 1. The van der Waals surface area contributed by atoms with Crippen molar-refractivity contribution in [2.24, 2.45) is 0 Å². The van der Waals surface area contributed by atoms with Crippen LogP contribution in [0.5, 0.6) is 5.75 Å². The molecule has 2 rings (SSSR count). The zero-order valence-electron chi connectivity index (χ0n) is 14.9. The minimum Gasteiger partial charge on any atom is -0.494 e. The van der Waals surface area contributed by atoms with Gasteiger partial charge in [0.2, 0.25) is 0 Å². The second-order valence-corrected chi connectivity index (χ2v) is 5.37. The van der Waals surface area contributed by atoms with Crippen molar-refractivity contribution < 1.29 is 19.4 Å². The standard InChI is InChI=1S/C15H16O.C6H10O3/c1-2-16-15-10-8-14(9-11-15)12-13-6-4-3-5-7-13;1-3-6(8)9-5(2)4-7/h3-11H,2,12H2,1H3;3,5,7H,1,4H2,2H3. The molecule has 0 saturated heterocycles. The van der Waals surface area contributed by atoms with Crippen LogP contribution in [0.3, 0.4) is 0 Å². The summed E-state index contributed by atoms with van der Waals surface area (Å²) >= 11 is 0. The third-order valence-electron chi connectivity index (χ3n) is 3.23. The van der Waals surface area contributed by atoms with Crippen LogP contribution in [0, 0.1) is 0 Å². The van der Waals surface area contributed by atoms with Gasteiger partial charge in [0, 0.05) is 6.08 Å². The maximum atomic E-state index is 10.3. The first-order valence-corrected chi connectivity index (χ1v) is 8.28. The molecule has 4 nitrogen and oxygen atoms in total. The van der Waals surface area contributed by atoms with Crippen LogP contribution in [0.1, 0.15) is 25.0 Å². The first kappa shape index (κ1) is 20.5. The van der Waals surface area contributed by atoms with Gasteiger partial charge in [0.25, 0.3) is 0 Å². The minimum atomic E-state index is -0.503. The van der Waals surface area contributed by atoms with Crippen LogP contribution in [-0.2, 0) is 16.0 Å². The Morgan fingerprint density at radius 2 is 1.72 bits per heavy atom. The summed E-state index contributed by atoms with van der Waals surface area (Å²) in [5.74, 6) is 0.441. The second kappa shape index (κ2) is 11.9. The van der Waals surface area contributed by atoms with Gasteiger partial charge in [0.05, 0.1) is 13.2 Å². The van der Waals surface area contributed by atoms with E-state index in [1.807, 2.05) is 25.1 Å². The van der Waals surface area contributed by atoms with Crippen molar-refractivity contribution in [3.05, 3.63) is 78.4 Å². The fourth-order valence-electron chi connectivity index (χ4n) is 1.99. The maximum absolute atomic E-state index is 10.3. The lowest BCUT2D eigenvalue weighted by molar-refractivity contribution is -0.143. The summed E-state index contributed by atoms with van der Waals surface area (Å²) in [7, 11) is 0. The van der Waals surface area contributed by atoms with Gasteiger partial charge in [-0.1, -0.05) is 49.0 Å². The van der Waals surface area contributed by atoms with E-state index >= 15 is 0 Å². The molecule has 0 bridgehead atoms. The summed E-state index contributed by atoms with van der Waals surface area (Å²) in [5, 5.41) is 8.37. The zero-order chi connectivity index (χ0) is 18.5. The Labute approximate surface area is 149 Å². The van der Waals surface area contributed by atoms with Crippen LogP contribution in [0.4, 0.5) is 0 Å². The van der Waals surface area contributed by atoms with Crippen molar-refractivity contribution in [2.45, 2.75) is 26.4 Å². The van der Waals surface area contributed by atoms with Gasteiger partial charge < -0.3 is 14.6 Å². The SMILES string of the molecule is C=CC(=O)OC(C)CO.CCOc1ccc(Cc2ccccc2)cc1. The molecule has 134 valence electrons. The monoisotopic (exact) mass is 342 g/mol. The average molecular weight is 342 g/mol. The predicted octanol–water partition coefficient (Wildman–Crippen LogP) is 3.77. The molecule has 25 heavy (non-hydrogen) atoms. The number of benzene rings is 2. The molecular formula is C21H26O4. The van der Waals surface area contributed by atoms with E-state index in [-0.39, 0.29) is 6.61 Å². The number of carbonyl (C=O) groups is 1. The summed E-state index contributed by atoms with van der Waals surface area (Å²) in [6, 6.07) is 18.8. The van der Waals surface area contributed by atoms with Gasteiger partial charge in [-0.05, 0) is 43.5 Å². The quantitative estimate of drug-likeness (QED) is 0.615. The number of aliphatic hydroxyl groups excluding tert-OH is 1. The number of hydrogen-bond donors (Lipinski definition) is 1. The summed E-state index contributed by atoms with van der Waals surface area (Å²) in [5.41, 5.74) is 2.65. The van der Waals surface area contributed by atoms with Crippen molar-refractivity contribution in [3.63, 3.8) is 0 Å². The summed E-state index contributed by atoms with van der Waals surface area (Å²) in [6.07, 6.45) is 1.61. The van der Waals surface area contributed by atoms with Crippen LogP contribution in [0.25, 0.3) is 0 Å². The van der Waals surface area contributed by atoms with Gasteiger partial charge in [-0.15, -0.1) is 0 Å². The molecule has 0 fully saturated rings. The fourth-order valence-corrected chi connectivity index (χ4v) is 1.99. The molecule has 0 saturated carbocycles. The fraction of sp³-hybridized carbons (Fsp3) is 0.286. The molecule has 1 N–H and O–H groups in total. The lowest BCUT2D eigenvalue weighted by Crippen LogP contribution is -2.16. The van der Waals surface area contributed by atoms with E-state index in [0.717, 1.165) is 24.9 Å². The zero-order valence-corrected chi connectivity index (χ0v) is 14.9. The van der Waals surface area contributed by atoms with E-state index < -0.39 is 12.1 Å². The molecule has 0 spiro atoms. The number of aliphatic hydroxyl groups is 1. The maximum Gasteiger partial charge on any atom is 0.330 e. The van der Waals surface area contributed by atoms with Crippen molar-refractivity contribution in [1.82, 2.24) is 0 Å². The molecule has 2 aromatic carbocycles. The van der Waals surface area contributed by atoms with Crippen molar-refractivity contribution in [2.75, 3.05) is 13.2 Å². The van der Waals surface area contributed by atoms with E-state index in [9.17, 15) is 4.79 Å². The summed E-state index contributed by atoms with van der Waals surface area (Å²) < 4.78 is 9.95. The smallest absolute Gasteiger partial charge is 0.330 e. The van der Waals surface area contributed by atoms with Gasteiger partial charge in [0.1, 0.15) is 11.9 Å². The molecule has 0 amide bonds. The van der Waals surface area contributed by atoms with Gasteiger partial charge in [0.15, 0.2) is 0 Å². The van der Waals surface area contributed by atoms with E-state index in [4.69, 9.17) is 9.84 Å². The van der Waals surface area contributed by atoms with E-state index in [0.29, 0.717) is 0 Å². The van der Waals surface area contributed by atoms with Gasteiger partial charge in [-0.2, -0.15) is 0 Å². The summed E-state index contributed by atoms with van der Waals surface area (Å²) in [4.78, 5) is 10.3. The Morgan fingerprint density at radius 1 is 1.12 bits per heavy atom. The normalized spacial score (nSPS) is 10.8. The predicted molar refractivity (Wildman–Crippen MR) is 99.7 cm³/mol. The molecule has 1 unspecified atom stereocenters. The lowest BCUT2D eigenvalue weighted by Gasteiger charge is -2.06. The highest BCUT2D eigenvalue weighted by Crippen LogP contribution is 2.15. The molecule has 0 aromatic heterocycles. The molecule has 0 aliphatic rings. The Hall–Kier alpha value is -2.59. The molecule has 0 heterocycles. The third kappa shape index (κ3) is 8.72. The van der Waals surface area contributed by atoms with Crippen molar-refractivity contribution in [3.8, 4) is 5.75 Å². The van der Waals surface area contributed by atoms with Gasteiger partial charge in [-0.25, -0.2) is 4.79 Å². The molecular weight excluding hydrogens is 316 g/mol. The first-order valence-electron chi connectivity index (χ1n) is 8.28. The second-order valence-electron chi connectivity index (χ2n) is 5.37. The number of ether oxygens (including phenoxy) is 2. The van der Waals surface area contributed by atoms with Crippen LogP contribution in [-0.4, -0.2) is 30.4 Å². The van der Waals surface area contributed by atoms with Crippen LogP contribution in [0.2, 0.25) is 0 Å². The Bertz CT molecular complexity index is 620. The highest BCUT2D eigenvalue weighted by Gasteiger charge is 2.02. The van der Waals surface area contributed by atoms with Crippen molar-refractivity contribution in [1.29, 1.82) is 0 Å². The Balaban J connectivity index is 0.000000299. The molecule has 0 radical (unpaired) electrons. The largest absolute Gasteiger partial charge is 0.494 e. The third-order valence-corrected chi connectivity index (χ3v) is 3.23. The number of carbonyl (C=O) groups excluding carboxylic acids is 1. The van der Waals surface area contributed by atoms with Crippen LogP contribution in [0.15, 0.2) is 67.3 Å². The van der Waals surface area contributed by atoms with E-state index in [1.165, 1.54) is 11.1 Å². The summed E-state index contributed by atoms with van der Waals surface area (Å²) in [6.45, 7) is 7.36. The molecule has 4 heteroatoms. The Morgan fingerprint density at radius 3 is 2.24 bits per heavy atom. The van der Waals surface area contributed by atoms with Gasteiger partial charge in [-0.3, -0.25) is 0 Å². The van der Waals surface area contributed by atoms with Gasteiger partial charge >= 0.3 is 5.97 Å². The van der Waals surface area contributed by atoms with Crippen LogP contribution >= 0.6 is 0 Å². The number of rotatable bonds is 7.